The average Bonchev–Trinajstić information content (AvgIpc) is 3.29. The normalized spacial score (nSPS) is 19.6. The van der Waals surface area contributed by atoms with Crippen molar-refractivity contribution in [2.24, 2.45) is 11.7 Å². The molecular formula is C26H29F2N7O3. The first-order chi connectivity index (χ1) is 18.4. The van der Waals surface area contributed by atoms with Gasteiger partial charge in [0.05, 0.1) is 53.3 Å². The number of nitrogens with zero attached hydrogens (tertiary/aromatic N) is 5. The van der Waals surface area contributed by atoms with E-state index >= 15 is 0 Å². The molecule has 4 aromatic rings. The minimum atomic E-state index is -0.800. The Hall–Kier alpha value is -3.87. The van der Waals surface area contributed by atoms with Gasteiger partial charge in [0.1, 0.15) is 24.0 Å². The summed E-state index contributed by atoms with van der Waals surface area (Å²) in [5.41, 5.74) is 8.09. The zero-order valence-electron chi connectivity index (χ0n) is 21.0. The fourth-order valence-electron chi connectivity index (χ4n) is 4.61. The van der Waals surface area contributed by atoms with Gasteiger partial charge in [-0.3, -0.25) is 4.98 Å². The largest absolute Gasteiger partial charge is 0.491 e. The van der Waals surface area contributed by atoms with Gasteiger partial charge in [0.15, 0.2) is 0 Å². The second kappa shape index (κ2) is 10.9. The fraction of sp³-hybridized carbons (Fsp3) is 0.346. The van der Waals surface area contributed by atoms with Crippen LogP contribution in [-0.2, 0) is 4.74 Å². The first-order valence-electron chi connectivity index (χ1n) is 12.2. The molecule has 5 rings (SSSR count). The van der Waals surface area contributed by atoms with Crippen LogP contribution in [0.3, 0.4) is 0 Å². The molecule has 0 amide bonds. The smallest absolute Gasteiger partial charge is 0.229 e. The average molecular weight is 526 g/mol. The molecule has 1 fully saturated rings. The first kappa shape index (κ1) is 25.8. The summed E-state index contributed by atoms with van der Waals surface area (Å²) in [5, 5.41) is 18.0. The molecule has 0 spiro atoms. The Balaban J connectivity index is 1.45. The number of aromatic nitrogens is 4. The predicted molar refractivity (Wildman–Crippen MR) is 139 cm³/mol. The highest BCUT2D eigenvalue weighted by molar-refractivity contribution is 5.74. The number of piperidine rings is 1. The Bertz CT molecular complexity index is 1400. The third-order valence-electron chi connectivity index (χ3n) is 6.56. The van der Waals surface area contributed by atoms with Crippen LogP contribution in [0, 0.1) is 17.6 Å². The SMILES string of the molecule is COCCOc1cc(F)c(-c2ccc3cnc(Nc4cnccc4N4CC(C)C(O)C(N)C4)n3n2)c(F)c1. The van der Waals surface area contributed by atoms with Crippen LogP contribution in [-0.4, -0.2) is 70.2 Å². The zero-order chi connectivity index (χ0) is 26.8. The molecule has 1 saturated heterocycles. The van der Waals surface area contributed by atoms with Crippen LogP contribution in [0.1, 0.15) is 6.92 Å². The number of fused-ring (bicyclic) bond motifs is 1. The summed E-state index contributed by atoms with van der Waals surface area (Å²) in [5.74, 6) is -1.21. The van der Waals surface area contributed by atoms with Crippen LogP contribution in [0.25, 0.3) is 16.8 Å². The number of benzene rings is 1. The van der Waals surface area contributed by atoms with Crippen molar-refractivity contribution >= 4 is 22.8 Å². The van der Waals surface area contributed by atoms with Gasteiger partial charge in [-0.1, -0.05) is 6.92 Å². The van der Waals surface area contributed by atoms with Crippen molar-refractivity contribution in [2.75, 3.05) is 43.6 Å². The molecule has 12 heteroatoms. The summed E-state index contributed by atoms with van der Waals surface area (Å²) in [6.07, 6.45) is 4.36. The Kier molecular flexibility index (Phi) is 7.36. The maximum absolute atomic E-state index is 15.0. The minimum Gasteiger partial charge on any atom is -0.491 e. The lowest BCUT2D eigenvalue weighted by Gasteiger charge is -2.40. The van der Waals surface area contributed by atoms with Gasteiger partial charge < -0.3 is 30.5 Å². The van der Waals surface area contributed by atoms with Gasteiger partial charge in [-0.05, 0) is 18.2 Å². The molecule has 38 heavy (non-hydrogen) atoms. The number of nitrogens with one attached hydrogen (secondary N) is 1. The minimum absolute atomic E-state index is 0.0159. The summed E-state index contributed by atoms with van der Waals surface area (Å²) < 4.78 is 41.6. The molecule has 1 aliphatic rings. The van der Waals surface area contributed by atoms with Gasteiger partial charge in [-0.15, -0.1) is 0 Å². The number of aliphatic hydroxyl groups is 1. The number of methoxy groups -OCH3 is 1. The van der Waals surface area contributed by atoms with Gasteiger partial charge >= 0.3 is 0 Å². The maximum Gasteiger partial charge on any atom is 0.229 e. The highest BCUT2D eigenvalue weighted by Crippen LogP contribution is 2.32. The van der Waals surface area contributed by atoms with Gasteiger partial charge in [-0.25, -0.2) is 13.8 Å². The Morgan fingerprint density at radius 2 is 1.92 bits per heavy atom. The Morgan fingerprint density at radius 3 is 2.66 bits per heavy atom. The lowest BCUT2D eigenvalue weighted by atomic mass is 9.92. The van der Waals surface area contributed by atoms with Crippen molar-refractivity contribution in [2.45, 2.75) is 19.1 Å². The highest BCUT2D eigenvalue weighted by atomic mass is 19.1. The number of hydrogen-bond donors (Lipinski definition) is 3. The first-order valence-corrected chi connectivity index (χ1v) is 12.2. The maximum atomic E-state index is 15.0. The third-order valence-corrected chi connectivity index (χ3v) is 6.56. The van der Waals surface area contributed by atoms with Crippen LogP contribution in [0.4, 0.5) is 26.1 Å². The van der Waals surface area contributed by atoms with Crippen LogP contribution in [0.2, 0.25) is 0 Å². The quantitative estimate of drug-likeness (QED) is 0.298. The lowest BCUT2D eigenvalue weighted by molar-refractivity contribution is 0.0785. The van der Waals surface area contributed by atoms with E-state index in [0.717, 1.165) is 17.8 Å². The predicted octanol–water partition coefficient (Wildman–Crippen LogP) is 2.98. The third kappa shape index (κ3) is 5.10. The van der Waals surface area contributed by atoms with Crippen molar-refractivity contribution in [3.8, 4) is 17.0 Å². The number of nitrogens with two attached hydrogens (primary N) is 1. The van der Waals surface area contributed by atoms with E-state index < -0.39 is 23.8 Å². The van der Waals surface area contributed by atoms with E-state index in [1.807, 2.05) is 13.0 Å². The second-order valence-corrected chi connectivity index (χ2v) is 9.29. The van der Waals surface area contributed by atoms with E-state index in [2.05, 4.69) is 25.3 Å². The van der Waals surface area contributed by atoms with Crippen molar-refractivity contribution in [3.63, 3.8) is 0 Å². The molecule has 1 aliphatic heterocycles. The van der Waals surface area contributed by atoms with Gasteiger partial charge in [0, 0.05) is 50.5 Å². The van der Waals surface area contributed by atoms with Crippen LogP contribution in [0.5, 0.6) is 5.75 Å². The number of imidazole rings is 1. The van der Waals surface area contributed by atoms with Crippen LogP contribution < -0.4 is 20.7 Å². The number of anilines is 3. The summed E-state index contributed by atoms with van der Waals surface area (Å²) in [6.45, 7) is 3.50. The number of aliphatic hydroxyl groups excluding tert-OH is 1. The molecule has 0 radical (unpaired) electrons. The molecule has 0 bridgehead atoms. The summed E-state index contributed by atoms with van der Waals surface area (Å²) in [7, 11) is 1.51. The van der Waals surface area contributed by atoms with E-state index in [4.69, 9.17) is 15.2 Å². The van der Waals surface area contributed by atoms with Crippen molar-refractivity contribution in [3.05, 3.63) is 60.6 Å². The van der Waals surface area contributed by atoms with Gasteiger partial charge in [0.25, 0.3) is 0 Å². The monoisotopic (exact) mass is 525 g/mol. The second-order valence-electron chi connectivity index (χ2n) is 9.29. The standard InChI is InChI=1S/C26H29F2N7O3/c1-15-13-34(14-20(29)25(15)36)23-5-6-30-12-22(23)32-26-31-11-16-3-4-21(33-35(16)26)24-18(27)9-17(10-19(24)28)38-8-7-37-2/h3-6,9-12,15,20,25,36H,7-8,13-14,29H2,1-2H3,(H,31,32). The number of hydrogen-bond acceptors (Lipinski definition) is 9. The fourth-order valence-corrected chi connectivity index (χ4v) is 4.61. The number of halogens is 2. The Labute approximate surface area is 218 Å². The topological polar surface area (TPSA) is 123 Å². The molecule has 200 valence electrons. The van der Waals surface area contributed by atoms with E-state index in [1.165, 1.54) is 17.7 Å². The van der Waals surface area contributed by atoms with E-state index in [9.17, 15) is 13.9 Å². The number of ether oxygens (including phenoxy) is 2. The summed E-state index contributed by atoms with van der Waals surface area (Å²) >= 11 is 0. The van der Waals surface area contributed by atoms with E-state index in [1.54, 1.807) is 24.7 Å². The van der Waals surface area contributed by atoms with E-state index in [0.29, 0.717) is 36.8 Å². The molecule has 10 nitrogen and oxygen atoms in total. The number of pyridine rings is 1. The summed E-state index contributed by atoms with van der Waals surface area (Å²) in [6, 6.07) is 6.92. The van der Waals surface area contributed by atoms with Crippen molar-refractivity contribution < 1.29 is 23.4 Å². The molecule has 3 aromatic heterocycles. The van der Waals surface area contributed by atoms with E-state index in [-0.39, 0.29) is 29.5 Å². The molecule has 4 heterocycles. The molecule has 0 saturated carbocycles. The number of rotatable bonds is 8. The Morgan fingerprint density at radius 1 is 1.13 bits per heavy atom. The van der Waals surface area contributed by atoms with Crippen LogP contribution >= 0.6 is 0 Å². The molecule has 1 aromatic carbocycles. The van der Waals surface area contributed by atoms with Gasteiger partial charge in [0.2, 0.25) is 5.95 Å². The molecule has 3 atom stereocenters. The molecular weight excluding hydrogens is 496 g/mol. The lowest BCUT2D eigenvalue weighted by Crippen LogP contribution is -2.55. The van der Waals surface area contributed by atoms with Crippen molar-refractivity contribution in [1.29, 1.82) is 0 Å². The zero-order valence-corrected chi connectivity index (χ0v) is 21.0. The van der Waals surface area contributed by atoms with Gasteiger partial charge in [-0.2, -0.15) is 9.61 Å². The molecule has 3 unspecified atom stereocenters. The molecule has 4 N–H and O–H groups in total. The highest BCUT2D eigenvalue weighted by Gasteiger charge is 2.32. The summed E-state index contributed by atoms with van der Waals surface area (Å²) in [4.78, 5) is 10.7. The van der Waals surface area contributed by atoms with Crippen LogP contribution in [0.15, 0.2) is 48.9 Å². The molecule has 0 aliphatic carbocycles. The van der Waals surface area contributed by atoms with Crippen molar-refractivity contribution in [1.82, 2.24) is 19.6 Å².